The third-order valence-corrected chi connectivity index (χ3v) is 8.93. The van der Waals surface area contributed by atoms with Crippen LogP contribution in [0.4, 0.5) is 11.4 Å². The molecular weight excluding hydrogens is 572 g/mol. The molecule has 0 bridgehead atoms. The summed E-state index contributed by atoms with van der Waals surface area (Å²) in [5, 5.41) is 11.7. The number of nitro groups is 1. The predicted octanol–water partition coefficient (Wildman–Crippen LogP) is 6.29. The van der Waals surface area contributed by atoms with E-state index in [0.29, 0.717) is 28.3 Å². The standard InChI is InChI=1S/C28H23BrN2O6S/c1-36-21-13-11-20(12-14-21)23-17-30(38(34,35)27-10-6-5-9-25(27)31(32)33)26-16-22(15-24(29)28(23)26)37-18-19-7-3-2-4-8-19/h2-16,23H,17-18H2,1H3. The summed E-state index contributed by atoms with van der Waals surface area (Å²) in [5.74, 6) is 0.823. The number of rotatable bonds is 8. The number of nitro benzene ring substituents is 1. The average Bonchev–Trinajstić information content (AvgIpc) is 3.33. The molecule has 5 rings (SSSR count). The minimum absolute atomic E-state index is 0.0663. The molecule has 38 heavy (non-hydrogen) atoms. The zero-order chi connectivity index (χ0) is 26.9. The van der Waals surface area contributed by atoms with Gasteiger partial charge in [-0.25, -0.2) is 8.42 Å². The molecule has 0 N–H and O–H groups in total. The van der Waals surface area contributed by atoms with E-state index in [1.807, 2.05) is 60.7 Å². The number of fused-ring (bicyclic) bond motifs is 1. The van der Waals surface area contributed by atoms with E-state index >= 15 is 0 Å². The van der Waals surface area contributed by atoms with Gasteiger partial charge in [0.1, 0.15) is 18.1 Å². The van der Waals surface area contributed by atoms with Gasteiger partial charge < -0.3 is 9.47 Å². The number of methoxy groups -OCH3 is 1. The van der Waals surface area contributed by atoms with Gasteiger partial charge in [0.05, 0.1) is 17.7 Å². The molecule has 0 fully saturated rings. The van der Waals surface area contributed by atoms with Crippen molar-refractivity contribution in [3.05, 3.63) is 122 Å². The van der Waals surface area contributed by atoms with E-state index in [4.69, 9.17) is 9.47 Å². The van der Waals surface area contributed by atoms with Gasteiger partial charge >= 0.3 is 0 Å². The molecule has 4 aromatic rings. The Hall–Kier alpha value is -3.89. The fourth-order valence-electron chi connectivity index (χ4n) is 4.59. The fourth-order valence-corrected chi connectivity index (χ4v) is 6.95. The second-order valence-corrected chi connectivity index (χ2v) is 11.4. The molecule has 0 aromatic heterocycles. The van der Waals surface area contributed by atoms with Gasteiger partial charge in [0.25, 0.3) is 15.7 Å². The largest absolute Gasteiger partial charge is 0.497 e. The second kappa shape index (κ2) is 10.5. The first-order valence-electron chi connectivity index (χ1n) is 11.7. The Morgan fingerprint density at radius 3 is 2.34 bits per heavy atom. The molecule has 10 heteroatoms. The lowest BCUT2D eigenvalue weighted by molar-refractivity contribution is -0.387. The third kappa shape index (κ3) is 4.84. The zero-order valence-corrected chi connectivity index (χ0v) is 22.7. The summed E-state index contributed by atoms with van der Waals surface area (Å²) in [6.07, 6.45) is 0. The van der Waals surface area contributed by atoms with Crippen LogP contribution < -0.4 is 13.8 Å². The van der Waals surface area contributed by atoms with Crippen LogP contribution >= 0.6 is 15.9 Å². The summed E-state index contributed by atoms with van der Waals surface area (Å²) in [4.78, 5) is 10.6. The molecule has 0 radical (unpaired) electrons. The van der Waals surface area contributed by atoms with Crippen molar-refractivity contribution in [2.45, 2.75) is 17.4 Å². The van der Waals surface area contributed by atoms with E-state index < -0.39 is 20.6 Å². The normalized spacial score (nSPS) is 14.7. The molecule has 0 spiro atoms. The Morgan fingerprint density at radius 2 is 1.66 bits per heavy atom. The van der Waals surface area contributed by atoms with E-state index in [0.717, 1.165) is 16.7 Å². The Labute approximate surface area is 228 Å². The topological polar surface area (TPSA) is 99.0 Å². The van der Waals surface area contributed by atoms with E-state index in [1.165, 1.54) is 28.6 Å². The van der Waals surface area contributed by atoms with Crippen LogP contribution in [0, 0.1) is 10.1 Å². The highest BCUT2D eigenvalue weighted by Gasteiger charge is 2.41. The summed E-state index contributed by atoms with van der Waals surface area (Å²) in [6, 6.07) is 25.9. The van der Waals surface area contributed by atoms with Gasteiger partial charge in [0.2, 0.25) is 0 Å². The number of sulfonamides is 1. The van der Waals surface area contributed by atoms with E-state index in [9.17, 15) is 18.5 Å². The lowest BCUT2D eigenvalue weighted by atomic mass is 9.93. The maximum atomic E-state index is 13.9. The minimum atomic E-state index is -4.29. The van der Waals surface area contributed by atoms with Gasteiger partial charge in [-0.15, -0.1) is 0 Å². The molecule has 194 valence electrons. The van der Waals surface area contributed by atoms with Gasteiger partial charge in [-0.2, -0.15) is 0 Å². The first kappa shape index (κ1) is 25.7. The maximum Gasteiger partial charge on any atom is 0.289 e. The molecule has 1 atom stereocenters. The van der Waals surface area contributed by atoms with Crippen LogP contribution in [0.2, 0.25) is 0 Å². The summed E-state index contributed by atoms with van der Waals surface area (Å²) in [7, 11) is -2.71. The van der Waals surface area contributed by atoms with Crippen molar-refractivity contribution < 1.29 is 22.8 Å². The Bertz CT molecular complexity index is 1590. The summed E-state index contributed by atoms with van der Waals surface area (Å²) in [6.45, 7) is 0.363. The second-order valence-electron chi connectivity index (χ2n) is 8.70. The molecule has 1 unspecified atom stereocenters. The molecule has 0 saturated heterocycles. The van der Waals surface area contributed by atoms with Crippen molar-refractivity contribution in [3.63, 3.8) is 0 Å². The molecule has 1 aliphatic rings. The zero-order valence-electron chi connectivity index (χ0n) is 20.3. The Morgan fingerprint density at radius 1 is 0.974 bits per heavy atom. The molecular formula is C28H23BrN2O6S. The SMILES string of the molecule is COc1ccc(C2CN(S(=O)(=O)c3ccccc3[N+](=O)[O-])c3cc(OCc4ccccc4)cc(Br)c32)cc1. The van der Waals surface area contributed by atoms with E-state index in [-0.39, 0.29) is 17.4 Å². The Kier molecular flexibility index (Phi) is 7.09. The quantitative estimate of drug-likeness (QED) is 0.176. The minimum Gasteiger partial charge on any atom is -0.497 e. The van der Waals surface area contributed by atoms with Crippen molar-refractivity contribution in [3.8, 4) is 11.5 Å². The van der Waals surface area contributed by atoms with Crippen LogP contribution in [0.5, 0.6) is 11.5 Å². The molecule has 0 saturated carbocycles. The highest BCUT2D eigenvalue weighted by molar-refractivity contribution is 9.10. The molecule has 4 aromatic carbocycles. The van der Waals surface area contributed by atoms with Crippen molar-refractivity contribution >= 4 is 37.3 Å². The molecule has 0 amide bonds. The first-order chi connectivity index (χ1) is 18.3. The number of nitrogens with zero attached hydrogens (tertiary/aromatic N) is 2. The number of para-hydroxylation sites is 1. The van der Waals surface area contributed by atoms with Gasteiger partial charge in [-0.05, 0) is 35.4 Å². The van der Waals surface area contributed by atoms with Crippen molar-refractivity contribution in [1.29, 1.82) is 0 Å². The van der Waals surface area contributed by atoms with E-state index in [2.05, 4.69) is 15.9 Å². The number of hydrogen-bond acceptors (Lipinski definition) is 6. The van der Waals surface area contributed by atoms with Gasteiger partial charge in [0.15, 0.2) is 4.90 Å². The third-order valence-electron chi connectivity index (χ3n) is 6.44. The Balaban J connectivity index is 1.61. The lowest BCUT2D eigenvalue weighted by Crippen LogP contribution is -2.30. The lowest BCUT2D eigenvalue weighted by Gasteiger charge is -2.20. The number of halogens is 1. The molecule has 8 nitrogen and oxygen atoms in total. The van der Waals surface area contributed by atoms with Crippen LogP contribution in [0.3, 0.4) is 0 Å². The molecule has 1 aliphatic heterocycles. The average molecular weight is 595 g/mol. The highest BCUT2D eigenvalue weighted by atomic mass is 79.9. The van der Waals surface area contributed by atoms with Crippen LogP contribution in [0.15, 0.2) is 100 Å². The molecule has 1 heterocycles. The predicted molar refractivity (Wildman–Crippen MR) is 147 cm³/mol. The number of ether oxygens (including phenoxy) is 2. The molecule has 0 aliphatic carbocycles. The first-order valence-corrected chi connectivity index (χ1v) is 13.9. The summed E-state index contributed by atoms with van der Waals surface area (Å²) in [5.41, 5.74) is 2.53. The van der Waals surface area contributed by atoms with Gasteiger partial charge in [-0.3, -0.25) is 14.4 Å². The number of benzene rings is 4. The van der Waals surface area contributed by atoms with Crippen LogP contribution in [0.1, 0.15) is 22.6 Å². The van der Waals surface area contributed by atoms with Gasteiger partial charge in [-0.1, -0.05) is 70.5 Å². The summed E-state index contributed by atoms with van der Waals surface area (Å²) >= 11 is 3.64. The van der Waals surface area contributed by atoms with Crippen LogP contribution in [-0.2, 0) is 16.6 Å². The van der Waals surface area contributed by atoms with Crippen molar-refractivity contribution in [2.75, 3.05) is 18.0 Å². The summed E-state index contributed by atoms with van der Waals surface area (Å²) < 4.78 is 41.1. The van der Waals surface area contributed by atoms with Crippen LogP contribution in [-0.4, -0.2) is 27.0 Å². The highest BCUT2D eigenvalue weighted by Crippen LogP contribution is 2.49. The van der Waals surface area contributed by atoms with Crippen molar-refractivity contribution in [2.24, 2.45) is 0 Å². The number of anilines is 1. The van der Waals surface area contributed by atoms with Crippen molar-refractivity contribution in [1.82, 2.24) is 0 Å². The smallest absolute Gasteiger partial charge is 0.289 e. The number of hydrogen-bond donors (Lipinski definition) is 0. The van der Waals surface area contributed by atoms with Gasteiger partial charge in [0, 0.05) is 34.6 Å². The van der Waals surface area contributed by atoms with E-state index in [1.54, 1.807) is 13.2 Å². The monoisotopic (exact) mass is 594 g/mol. The maximum absolute atomic E-state index is 13.9. The fraction of sp³-hybridized carbons (Fsp3) is 0.143. The van der Waals surface area contributed by atoms with Crippen LogP contribution in [0.25, 0.3) is 0 Å².